The fourth-order valence-corrected chi connectivity index (χ4v) is 5.97. The number of anilines is 2. The van der Waals surface area contributed by atoms with E-state index in [1.54, 1.807) is 6.92 Å². The van der Waals surface area contributed by atoms with Gasteiger partial charge >= 0.3 is 5.69 Å². The minimum Gasteiger partial charge on any atom is -0.383 e. The number of nitrogens with one attached hydrogen (secondary N) is 1. The van der Waals surface area contributed by atoms with Gasteiger partial charge in [-0.15, -0.1) is 0 Å². The maximum absolute atomic E-state index is 13.3. The second-order valence-corrected chi connectivity index (χ2v) is 10.1. The average Bonchev–Trinajstić information content (AvgIpc) is 3.11. The van der Waals surface area contributed by atoms with E-state index in [1.807, 2.05) is 6.92 Å². The first-order valence-electron chi connectivity index (χ1n) is 10.8. The van der Waals surface area contributed by atoms with Crippen molar-refractivity contribution in [2.75, 3.05) is 30.8 Å². The Hall–Kier alpha value is -2.93. The smallest absolute Gasteiger partial charge is 0.330 e. The predicted molar refractivity (Wildman–Crippen MR) is 122 cm³/mol. The van der Waals surface area contributed by atoms with Crippen molar-refractivity contribution in [2.24, 2.45) is 5.92 Å². The van der Waals surface area contributed by atoms with Gasteiger partial charge in [-0.25, -0.2) is 13.2 Å². The van der Waals surface area contributed by atoms with Crippen LogP contribution in [0.2, 0.25) is 0 Å². The highest BCUT2D eigenvalue weighted by Crippen LogP contribution is 2.29. The summed E-state index contributed by atoms with van der Waals surface area (Å²) in [6, 6.07) is 0. The molecule has 33 heavy (non-hydrogen) atoms. The van der Waals surface area contributed by atoms with Gasteiger partial charge in [-0.05, 0) is 33.1 Å². The van der Waals surface area contributed by atoms with Gasteiger partial charge < -0.3 is 15.2 Å². The summed E-state index contributed by atoms with van der Waals surface area (Å²) < 4.78 is 33.8. The number of nitrogens with zero attached hydrogens (tertiary/aromatic N) is 4. The molecule has 3 heterocycles. The minimum atomic E-state index is -3.91. The number of rotatable bonds is 7. The molecular weight excluding hydrogens is 452 g/mol. The first-order valence-corrected chi connectivity index (χ1v) is 12.3. The molecule has 1 unspecified atom stereocenters. The number of aromatic amines is 1. The number of aryl methyl sites for hydroxylation is 2. The molecule has 0 aromatic carbocycles. The van der Waals surface area contributed by atoms with Gasteiger partial charge in [-0.3, -0.25) is 19.1 Å². The number of amides is 1. The van der Waals surface area contributed by atoms with Crippen LogP contribution in [0.5, 0.6) is 0 Å². The number of unbranched alkanes of at least 4 members (excludes halogenated alkanes) is 1. The van der Waals surface area contributed by atoms with Crippen LogP contribution in [0, 0.1) is 19.8 Å². The Bertz CT molecular complexity index is 1240. The van der Waals surface area contributed by atoms with Gasteiger partial charge in [0.05, 0.1) is 5.92 Å². The topological polar surface area (TPSA) is 165 Å². The lowest BCUT2D eigenvalue weighted by Gasteiger charge is -2.33. The summed E-state index contributed by atoms with van der Waals surface area (Å²) in [4.78, 5) is 41.3. The van der Waals surface area contributed by atoms with E-state index < -0.39 is 33.1 Å². The summed E-state index contributed by atoms with van der Waals surface area (Å²) in [6.07, 6.45) is 2.40. The summed E-state index contributed by atoms with van der Waals surface area (Å²) in [5.74, 6) is -1.05. The molecule has 2 aromatic heterocycles. The molecule has 0 saturated carbocycles. The molecule has 12 nitrogen and oxygen atoms in total. The van der Waals surface area contributed by atoms with E-state index in [0.29, 0.717) is 25.8 Å². The quantitative estimate of drug-likeness (QED) is 0.578. The Balaban J connectivity index is 1.89. The van der Waals surface area contributed by atoms with E-state index in [9.17, 15) is 22.8 Å². The first kappa shape index (κ1) is 24.7. The van der Waals surface area contributed by atoms with Crippen LogP contribution in [0.15, 0.2) is 19.0 Å². The lowest BCUT2D eigenvalue weighted by molar-refractivity contribution is -0.123. The van der Waals surface area contributed by atoms with Gasteiger partial charge in [0.15, 0.2) is 11.4 Å². The number of sulfonamides is 1. The van der Waals surface area contributed by atoms with Crippen molar-refractivity contribution >= 4 is 27.4 Å². The zero-order valence-electron chi connectivity index (χ0n) is 19.3. The normalized spacial score (nSPS) is 17.3. The Morgan fingerprint density at radius 2 is 2.03 bits per heavy atom. The maximum atomic E-state index is 13.3. The summed E-state index contributed by atoms with van der Waals surface area (Å²) >= 11 is 0. The fourth-order valence-electron chi connectivity index (χ4n) is 4.16. The van der Waals surface area contributed by atoms with E-state index in [0.717, 1.165) is 11.3 Å². The van der Waals surface area contributed by atoms with Crippen LogP contribution in [-0.2, 0) is 21.4 Å². The summed E-state index contributed by atoms with van der Waals surface area (Å²) in [6.45, 7) is 5.53. The van der Waals surface area contributed by atoms with Crippen molar-refractivity contribution in [1.29, 1.82) is 0 Å². The third-order valence-corrected chi connectivity index (χ3v) is 8.02. The van der Waals surface area contributed by atoms with Crippen LogP contribution >= 0.6 is 0 Å². The molecule has 1 amide bonds. The van der Waals surface area contributed by atoms with Crippen molar-refractivity contribution in [3.63, 3.8) is 0 Å². The molecule has 13 heteroatoms. The van der Waals surface area contributed by atoms with Gasteiger partial charge in [0.1, 0.15) is 16.4 Å². The summed E-state index contributed by atoms with van der Waals surface area (Å²) in [7, 11) is -2.51. The number of aromatic nitrogens is 3. The van der Waals surface area contributed by atoms with Crippen molar-refractivity contribution < 1.29 is 17.7 Å². The maximum Gasteiger partial charge on any atom is 0.330 e. The number of piperidine rings is 1. The van der Waals surface area contributed by atoms with Crippen molar-refractivity contribution in [3.05, 3.63) is 32.3 Å². The molecule has 1 fully saturated rings. The highest BCUT2D eigenvalue weighted by molar-refractivity contribution is 7.89. The van der Waals surface area contributed by atoms with Crippen LogP contribution in [0.25, 0.3) is 0 Å². The fraction of sp³-hybridized carbons (Fsp3) is 0.600. The molecule has 0 aliphatic carbocycles. The number of nitrogen functional groups attached to an aromatic ring is 1. The molecule has 0 bridgehead atoms. The van der Waals surface area contributed by atoms with E-state index >= 15 is 0 Å². The SMILES string of the molecule is CCCCn1c(N)c(N(C)C(=O)C2CCCN(S(=O)(=O)c3c(C)noc3C)C2)c(=O)[nH]c1=O. The number of carbonyl (C=O) groups excluding carboxylic acids is 1. The molecule has 1 atom stereocenters. The van der Waals surface area contributed by atoms with Crippen LogP contribution in [-0.4, -0.2) is 53.5 Å². The first-order chi connectivity index (χ1) is 15.5. The Morgan fingerprint density at radius 3 is 2.64 bits per heavy atom. The zero-order valence-corrected chi connectivity index (χ0v) is 20.1. The number of H-pyrrole nitrogens is 1. The lowest BCUT2D eigenvalue weighted by Crippen LogP contribution is -2.47. The van der Waals surface area contributed by atoms with Gasteiger partial charge in [-0.2, -0.15) is 4.31 Å². The molecule has 182 valence electrons. The zero-order chi connectivity index (χ0) is 24.5. The van der Waals surface area contributed by atoms with Crippen molar-refractivity contribution in [2.45, 2.75) is 57.9 Å². The average molecular weight is 483 g/mol. The van der Waals surface area contributed by atoms with Crippen molar-refractivity contribution in [1.82, 2.24) is 19.0 Å². The second kappa shape index (κ2) is 9.51. The molecule has 1 aliphatic heterocycles. The van der Waals surface area contributed by atoms with E-state index in [1.165, 1.54) is 22.8 Å². The van der Waals surface area contributed by atoms with E-state index in [-0.39, 0.29) is 40.9 Å². The van der Waals surface area contributed by atoms with Crippen LogP contribution in [0.1, 0.15) is 44.1 Å². The molecule has 0 spiro atoms. The predicted octanol–water partition coefficient (Wildman–Crippen LogP) is 0.587. The highest BCUT2D eigenvalue weighted by Gasteiger charge is 2.38. The molecule has 1 aliphatic rings. The van der Waals surface area contributed by atoms with Crippen LogP contribution in [0.4, 0.5) is 11.5 Å². The van der Waals surface area contributed by atoms with Gasteiger partial charge in [0, 0.05) is 26.7 Å². The third kappa shape index (κ3) is 4.60. The molecule has 2 aromatic rings. The van der Waals surface area contributed by atoms with E-state index in [2.05, 4.69) is 10.1 Å². The van der Waals surface area contributed by atoms with Gasteiger partial charge in [0.25, 0.3) is 5.56 Å². The van der Waals surface area contributed by atoms with Crippen molar-refractivity contribution in [3.8, 4) is 0 Å². The summed E-state index contributed by atoms with van der Waals surface area (Å²) in [5.41, 5.74) is 4.85. The number of hydrogen-bond acceptors (Lipinski definition) is 8. The standard InChI is InChI=1S/C20H30N6O6S/c1-5-6-10-26-17(21)15(18(27)22-20(26)29)24(4)19(28)14-8-7-9-25(11-14)33(30,31)16-12(2)23-32-13(16)3/h14H,5-11,21H2,1-4H3,(H,22,27,29). The molecule has 3 N–H and O–H groups in total. The molecule has 3 rings (SSSR count). The lowest BCUT2D eigenvalue weighted by atomic mass is 9.98. The van der Waals surface area contributed by atoms with Crippen LogP contribution in [0.3, 0.4) is 0 Å². The highest BCUT2D eigenvalue weighted by atomic mass is 32.2. The number of carbonyl (C=O) groups is 1. The number of nitrogens with two attached hydrogens (primary N) is 1. The monoisotopic (exact) mass is 482 g/mol. The third-order valence-electron chi connectivity index (χ3n) is 5.91. The minimum absolute atomic E-state index is 0.00708. The Labute approximate surface area is 191 Å². The largest absolute Gasteiger partial charge is 0.383 e. The Morgan fingerprint density at radius 1 is 1.33 bits per heavy atom. The van der Waals surface area contributed by atoms with Crippen LogP contribution < -0.4 is 21.9 Å². The second-order valence-electron chi connectivity index (χ2n) is 8.25. The molecule has 1 saturated heterocycles. The van der Waals surface area contributed by atoms with Gasteiger partial charge in [-0.1, -0.05) is 18.5 Å². The number of hydrogen-bond donors (Lipinski definition) is 2. The molecular formula is C20H30N6O6S. The Kier molecular flexibility index (Phi) is 7.12. The van der Waals surface area contributed by atoms with E-state index in [4.69, 9.17) is 10.3 Å². The summed E-state index contributed by atoms with van der Waals surface area (Å²) in [5, 5.41) is 3.72. The van der Waals surface area contributed by atoms with Gasteiger partial charge in [0.2, 0.25) is 15.9 Å². The molecule has 0 radical (unpaired) electrons.